The lowest BCUT2D eigenvalue weighted by Gasteiger charge is -2.23. The van der Waals surface area contributed by atoms with E-state index in [1.165, 1.54) is 18.4 Å². The molecular formula is C24H25N3O4S2. The molecule has 4 rings (SSSR count). The largest absolute Gasteiger partial charge is 0.465 e. The second-order valence-corrected chi connectivity index (χ2v) is 9.24. The summed E-state index contributed by atoms with van der Waals surface area (Å²) in [6.45, 7) is 1.18. The monoisotopic (exact) mass is 483 g/mol. The highest BCUT2D eigenvalue weighted by atomic mass is 32.1. The maximum absolute atomic E-state index is 13.3. The van der Waals surface area contributed by atoms with E-state index in [-0.39, 0.29) is 6.03 Å². The quantitative estimate of drug-likeness (QED) is 0.339. The van der Waals surface area contributed by atoms with Crippen LogP contribution in [-0.4, -0.2) is 48.8 Å². The average molecular weight is 484 g/mol. The molecule has 7 nitrogen and oxygen atoms in total. The standard InChI is InChI=1S/C24H25N3O4S2/c1-26-19-8-5-4-7-16(19)17(21(26)20-9-6-13-32-20)15-27(11-12-30-2)24(29)25-18-10-14-33-22(18)23(28)31-3/h4-10,13-14H,11-12,15H2,1-3H3,(H,25,29). The van der Waals surface area contributed by atoms with Gasteiger partial charge in [-0.1, -0.05) is 24.3 Å². The van der Waals surface area contributed by atoms with Crippen LogP contribution >= 0.6 is 22.7 Å². The summed E-state index contributed by atoms with van der Waals surface area (Å²) in [7, 11) is 4.99. The number of hydrogen-bond acceptors (Lipinski definition) is 6. The minimum absolute atomic E-state index is 0.305. The number of carbonyl (C=O) groups excluding carboxylic acids is 2. The van der Waals surface area contributed by atoms with Gasteiger partial charge in [-0.15, -0.1) is 22.7 Å². The summed E-state index contributed by atoms with van der Waals surface area (Å²) in [5, 5.41) is 7.79. The van der Waals surface area contributed by atoms with Gasteiger partial charge in [0.05, 0.1) is 36.5 Å². The number of ether oxygens (including phenoxy) is 2. The molecule has 0 fully saturated rings. The van der Waals surface area contributed by atoms with Crippen LogP contribution in [0, 0.1) is 0 Å². The lowest BCUT2D eigenvalue weighted by Crippen LogP contribution is -2.37. The number of carbonyl (C=O) groups is 2. The van der Waals surface area contributed by atoms with Crippen LogP contribution in [0.3, 0.4) is 0 Å². The van der Waals surface area contributed by atoms with Gasteiger partial charge in [0.2, 0.25) is 0 Å². The number of hydrogen-bond donors (Lipinski definition) is 1. The predicted molar refractivity (Wildman–Crippen MR) is 133 cm³/mol. The summed E-state index contributed by atoms with van der Waals surface area (Å²) in [6.07, 6.45) is 0. The van der Waals surface area contributed by atoms with Crippen LogP contribution < -0.4 is 5.32 Å². The number of nitrogens with zero attached hydrogens (tertiary/aromatic N) is 2. The number of aromatic nitrogens is 1. The number of para-hydroxylation sites is 1. The highest BCUT2D eigenvalue weighted by Crippen LogP contribution is 2.36. The van der Waals surface area contributed by atoms with Crippen LogP contribution in [0.5, 0.6) is 0 Å². The molecule has 2 amide bonds. The first-order valence-electron chi connectivity index (χ1n) is 10.4. The molecule has 0 aliphatic rings. The minimum Gasteiger partial charge on any atom is -0.465 e. The number of amides is 2. The Morgan fingerprint density at radius 2 is 1.88 bits per heavy atom. The number of fused-ring (bicyclic) bond motifs is 1. The van der Waals surface area contributed by atoms with Gasteiger partial charge in [0, 0.05) is 37.2 Å². The van der Waals surface area contributed by atoms with E-state index in [1.54, 1.807) is 34.8 Å². The maximum Gasteiger partial charge on any atom is 0.350 e. The summed E-state index contributed by atoms with van der Waals surface area (Å²) < 4.78 is 12.3. The van der Waals surface area contributed by atoms with Gasteiger partial charge >= 0.3 is 12.0 Å². The van der Waals surface area contributed by atoms with Crippen molar-refractivity contribution >= 4 is 51.3 Å². The zero-order chi connectivity index (χ0) is 23.4. The van der Waals surface area contributed by atoms with E-state index >= 15 is 0 Å². The van der Waals surface area contributed by atoms with Crippen LogP contribution in [0.2, 0.25) is 0 Å². The van der Waals surface area contributed by atoms with E-state index < -0.39 is 5.97 Å². The van der Waals surface area contributed by atoms with Crippen molar-refractivity contribution in [1.82, 2.24) is 9.47 Å². The Bertz CT molecular complexity index is 1260. The van der Waals surface area contributed by atoms with Crippen LogP contribution in [0.1, 0.15) is 15.2 Å². The number of rotatable bonds is 8. The number of benzene rings is 1. The Kier molecular flexibility index (Phi) is 7.12. The van der Waals surface area contributed by atoms with Crippen molar-refractivity contribution < 1.29 is 19.1 Å². The van der Waals surface area contributed by atoms with Gasteiger partial charge in [-0.2, -0.15) is 0 Å². The summed E-state index contributed by atoms with van der Waals surface area (Å²) >= 11 is 2.90. The lowest BCUT2D eigenvalue weighted by atomic mass is 10.1. The van der Waals surface area contributed by atoms with E-state index in [9.17, 15) is 9.59 Å². The number of esters is 1. The Balaban J connectivity index is 1.70. The molecule has 1 aromatic carbocycles. The molecule has 0 spiro atoms. The molecule has 1 N–H and O–H groups in total. The number of anilines is 1. The smallest absolute Gasteiger partial charge is 0.350 e. The molecule has 0 bridgehead atoms. The normalized spacial score (nSPS) is 11.0. The Morgan fingerprint density at radius 1 is 1.06 bits per heavy atom. The number of aryl methyl sites for hydroxylation is 1. The van der Waals surface area contributed by atoms with Gasteiger partial charge in [-0.05, 0) is 29.0 Å². The molecule has 172 valence electrons. The van der Waals surface area contributed by atoms with Crippen LogP contribution in [0.25, 0.3) is 21.5 Å². The van der Waals surface area contributed by atoms with Gasteiger partial charge in [0.1, 0.15) is 4.88 Å². The molecule has 3 heterocycles. The highest BCUT2D eigenvalue weighted by molar-refractivity contribution is 7.13. The van der Waals surface area contributed by atoms with Gasteiger partial charge in [0.25, 0.3) is 0 Å². The number of methoxy groups -OCH3 is 2. The Labute approximate surface area is 200 Å². The van der Waals surface area contributed by atoms with Gasteiger partial charge < -0.3 is 24.3 Å². The molecule has 0 saturated heterocycles. The van der Waals surface area contributed by atoms with Crippen molar-refractivity contribution in [1.29, 1.82) is 0 Å². The van der Waals surface area contributed by atoms with Crippen molar-refractivity contribution in [3.63, 3.8) is 0 Å². The first-order valence-corrected chi connectivity index (χ1v) is 12.1. The summed E-state index contributed by atoms with van der Waals surface area (Å²) in [6, 6.07) is 13.7. The second kappa shape index (κ2) is 10.2. The van der Waals surface area contributed by atoms with Crippen molar-refractivity contribution in [2.45, 2.75) is 6.54 Å². The fourth-order valence-corrected chi connectivity index (χ4v) is 5.46. The molecule has 4 aromatic rings. The predicted octanol–water partition coefficient (Wildman–Crippen LogP) is 5.44. The minimum atomic E-state index is -0.474. The number of nitrogens with one attached hydrogen (secondary N) is 1. The van der Waals surface area contributed by atoms with E-state index in [4.69, 9.17) is 9.47 Å². The van der Waals surface area contributed by atoms with Crippen molar-refractivity contribution in [3.05, 3.63) is 63.7 Å². The van der Waals surface area contributed by atoms with E-state index in [1.807, 2.05) is 18.2 Å². The maximum atomic E-state index is 13.3. The molecular weight excluding hydrogens is 458 g/mol. The molecule has 0 radical (unpaired) electrons. The zero-order valence-electron chi connectivity index (χ0n) is 18.7. The molecule has 0 atom stereocenters. The molecule has 9 heteroatoms. The fourth-order valence-electron chi connectivity index (χ4n) is 3.86. The fraction of sp³-hybridized carbons (Fsp3) is 0.250. The Hall–Kier alpha value is -3.14. The molecule has 3 aromatic heterocycles. The molecule has 0 aliphatic carbocycles. The highest BCUT2D eigenvalue weighted by Gasteiger charge is 2.24. The second-order valence-electron chi connectivity index (χ2n) is 7.38. The molecule has 0 aliphatic heterocycles. The van der Waals surface area contributed by atoms with Crippen molar-refractivity contribution in [2.75, 3.05) is 32.7 Å². The topological polar surface area (TPSA) is 72.8 Å². The number of urea groups is 1. The SMILES string of the molecule is COCCN(Cc1c(-c2cccs2)n(C)c2ccccc12)C(=O)Nc1ccsc1C(=O)OC. The number of thiophene rings is 2. The van der Waals surface area contributed by atoms with Gasteiger partial charge in [0.15, 0.2) is 0 Å². The van der Waals surface area contributed by atoms with Crippen molar-refractivity contribution in [2.24, 2.45) is 7.05 Å². The van der Waals surface area contributed by atoms with E-state index in [2.05, 4.69) is 40.5 Å². The Morgan fingerprint density at radius 3 is 2.61 bits per heavy atom. The zero-order valence-corrected chi connectivity index (χ0v) is 20.3. The van der Waals surface area contributed by atoms with E-state index in [0.717, 1.165) is 27.0 Å². The molecule has 0 saturated carbocycles. The third-order valence-corrected chi connectivity index (χ3v) is 7.22. The summed E-state index contributed by atoms with van der Waals surface area (Å²) in [5.41, 5.74) is 3.71. The van der Waals surface area contributed by atoms with Gasteiger partial charge in [-0.25, -0.2) is 9.59 Å². The first kappa shape index (κ1) is 23.0. The van der Waals surface area contributed by atoms with E-state index in [0.29, 0.717) is 30.3 Å². The van der Waals surface area contributed by atoms with Crippen LogP contribution in [-0.2, 0) is 23.1 Å². The third kappa shape index (κ3) is 4.66. The lowest BCUT2D eigenvalue weighted by molar-refractivity contribution is 0.0607. The van der Waals surface area contributed by atoms with Crippen molar-refractivity contribution in [3.8, 4) is 10.6 Å². The average Bonchev–Trinajstić information content (AvgIpc) is 3.57. The molecule has 0 unspecified atom stereocenters. The van der Waals surface area contributed by atoms with Crippen LogP contribution in [0.15, 0.2) is 53.2 Å². The first-order chi connectivity index (χ1) is 16.0. The summed E-state index contributed by atoms with van der Waals surface area (Å²) in [4.78, 5) is 28.6. The van der Waals surface area contributed by atoms with Crippen LogP contribution in [0.4, 0.5) is 10.5 Å². The summed E-state index contributed by atoms with van der Waals surface area (Å²) in [5.74, 6) is -0.474. The molecule has 33 heavy (non-hydrogen) atoms. The third-order valence-electron chi connectivity index (χ3n) is 5.45. The van der Waals surface area contributed by atoms with Gasteiger partial charge in [-0.3, -0.25) is 0 Å².